The number of nitrogens with one attached hydrogen (secondary N) is 2. The number of alkyl carbamates (subject to hydrolysis) is 1. The summed E-state index contributed by atoms with van der Waals surface area (Å²) in [5.41, 5.74) is 0.985. The van der Waals surface area contributed by atoms with Gasteiger partial charge in [0.05, 0.1) is 29.2 Å². The highest BCUT2D eigenvalue weighted by molar-refractivity contribution is 8.13. The quantitative estimate of drug-likeness (QED) is 0.485. The fraction of sp³-hybridized carbons (Fsp3) is 0.714. The van der Waals surface area contributed by atoms with Crippen LogP contribution in [0.15, 0.2) is 17.4 Å². The maximum Gasteiger partial charge on any atom is 0.407 e. The zero-order valence-corrected chi connectivity index (χ0v) is 19.3. The van der Waals surface area contributed by atoms with Crippen molar-refractivity contribution in [2.45, 2.75) is 84.5 Å². The number of anilines is 1. The third kappa shape index (κ3) is 7.84. The Hall–Kier alpha value is -1.83. The van der Waals surface area contributed by atoms with Crippen LogP contribution in [0, 0.1) is 5.92 Å². The van der Waals surface area contributed by atoms with Crippen LogP contribution in [0.3, 0.4) is 0 Å². The van der Waals surface area contributed by atoms with Crippen molar-refractivity contribution in [3.8, 4) is 0 Å². The van der Waals surface area contributed by atoms with Gasteiger partial charge in [0, 0.05) is 12.0 Å². The monoisotopic (exact) mass is 421 g/mol. The first kappa shape index (κ1) is 23.4. The Morgan fingerprint density at radius 2 is 1.83 bits per heavy atom. The lowest BCUT2D eigenvalue weighted by Crippen LogP contribution is -2.39. The van der Waals surface area contributed by atoms with Gasteiger partial charge in [0.1, 0.15) is 12.0 Å². The first-order valence-electron chi connectivity index (χ1n) is 10.5. The van der Waals surface area contributed by atoms with Gasteiger partial charge < -0.3 is 15.4 Å². The van der Waals surface area contributed by atoms with E-state index in [1.807, 2.05) is 27.0 Å². The summed E-state index contributed by atoms with van der Waals surface area (Å²) in [7, 11) is 0. The summed E-state index contributed by atoms with van der Waals surface area (Å²) in [4.78, 5) is 25.6. The van der Waals surface area contributed by atoms with E-state index in [2.05, 4.69) is 40.7 Å². The normalized spacial score (nSPS) is 21.2. The van der Waals surface area contributed by atoms with Crippen LogP contribution in [0.1, 0.15) is 71.9 Å². The van der Waals surface area contributed by atoms with E-state index < -0.39 is 0 Å². The molecule has 1 unspecified atom stereocenters. The Morgan fingerprint density at radius 3 is 2.34 bits per heavy atom. The molecule has 1 heterocycles. The molecule has 0 aromatic carbocycles. The van der Waals surface area contributed by atoms with Gasteiger partial charge in [0.15, 0.2) is 0 Å². The van der Waals surface area contributed by atoms with Crippen molar-refractivity contribution in [2.75, 3.05) is 11.6 Å². The molecular weight excluding hydrogens is 386 g/mol. The van der Waals surface area contributed by atoms with Crippen molar-refractivity contribution >= 4 is 28.7 Å². The van der Waals surface area contributed by atoms with E-state index in [1.165, 1.54) is 0 Å². The van der Waals surface area contributed by atoms with Gasteiger partial charge in [-0.2, -0.15) is 0 Å². The molecule has 1 aliphatic rings. The van der Waals surface area contributed by atoms with E-state index in [4.69, 9.17) is 9.73 Å². The maximum absolute atomic E-state index is 11.8. The van der Waals surface area contributed by atoms with Crippen LogP contribution in [-0.4, -0.2) is 45.7 Å². The number of carbonyl (C=O) groups is 1. The van der Waals surface area contributed by atoms with Crippen LogP contribution in [0.2, 0.25) is 0 Å². The van der Waals surface area contributed by atoms with Gasteiger partial charge in [-0.3, -0.25) is 9.98 Å². The van der Waals surface area contributed by atoms with Gasteiger partial charge in [-0.1, -0.05) is 13.8 Å². The Labute approximate surface area is 178 Å². The number of amides is 1. The highest BCUT2D eigenvalue weighted by Crippen LogP contribution is 2.29. The van der Waals surface area contributed by atoms with Crippen molar-refractivity contribution in [3.63, 3.8) is 0 Å². The van der Waals surface area contributed by atoms with Crippen molar-refractivity contribution in [3.05, 3.63) is 18.1 Å². The molecule has 1 aromatic heterocycles. The molecule has 0 radical (unpaired) electrons. The number of carbonyl (C=O) groups excluding carboxylic acids is 1. The SMILES string of the molecule is CS/C(=N\C(C)Nc1cnc(C(C)C)cn1)C1CCC(NC(=O)OC(C)C)CC1. The van der Waals surface area contributed by atoms with E-state index in [0.717, 1.165) is 42.2 Å². The first-order valence-corrected chi connectivity index (χ1v) is 11.7. The first-order chi connectivity index (χ1) is 13.8. The van der Waals surface area contributed by atoms with Gasteiger partial charge in [0.2, 0.25) is 0 Å². The number of hydrogen-bond donors (Lipinski definition) is 2. The minimum absolute atomic E-state index is 0.0754. The molecule has 0 spiro atoms. The fourth-order valence-electron chi connectivity index (χ4n) is 3.37. The third-order valence-corrected chi connectivity index (χ3v) is 5.75. The number of aromatic nitrogens is 2. The lowest BCUT2D eigenvalue weighted by atomic mass is 9.86. The number of ether oxygens (including phenoxy) is 1. The summed E-state index contributed by atoms with van der Waals surface area (Å²) < 4.78 is 5.18. The fourth-order valence-corrected chi connectivity index (χ4v) is 4.20. The molecule has 1 saturated carbocycles. The van der Waals surface area contributed by atoms with Gasteiger partial charge >= 0.3 is 6.09 Å². The minimum Gasteiger partial charge on any atom is -0.447 e. The standard InChI is InChI=1S/C21H35N5O2S/c1-13(2)18-11-23-19(12-22-18)24-15(5)25-20(29-6)16-7-9-17(10-8-16)26-21(27)28-14(3)4/h11-17H,7-10H2,1-6H3,(H,23,24)(H,26,27)/b25-20-. The van der Waals surface area contributed by atoms with E-state index in [1.54, 1.807) is 18.0 Å². The predicted octanol–water partition coefficient (Wildman–Crippen LogP) is 4.81. The molecule has 2 N–H and O–H groups in total. The van der Waals surface area contributed by atoms with E-state index in [0.29, 0.717) is 11.8 Å². The summed E-state index contributed by atoms with van der Waals surface area (Å²) >= 11 is 1.71. The summed E-state index contributed by atoms with van der Waals surface area (Å²) in [5.74, 6) is 1.54. The molecular formula is C21H35N5O2S. The van der Waals surface area contributed by atoms with Crippen LogP contribution >= 0.6 is 11.8 Å². The van der Waals surface area contributed by atoms with Crippen LogP contribution < -0.4 is 10.6 Å². The molecule has 0 bridgehead atoms. The average molecular weight is 422 g/mol. The smallest absolute Gasteiger partial charge is 0.407 e. The molecule has 0 aliphatic heterocycles. The minimum atomic E-state index is -0.315. The van der Waals surface area contributed by atoms with Crippen molar-refractivity contribution in [2.24, 2.45) is 10.9 Å². The summed E-state index contributed by atoms with van der Waals surface area (Å²) in [6, 6.07) is 0.186. The van der Waals surface area contributed by atoms with Gasteiger partial charge in [-0.15, -0.1) is 11.8 Å². The highest BCUT2D eigenvalue weighted by Gasteiger charge is 2.26. The second-order valence-electron chi connectivity index (χ2n) is 8.12. The molecule has 1 aliphatic carbocycles. The van der Waals surface area contributed by atoms with E-state index in [9.17, 15) is 4.79 Å². The molecule has 7 nitrogen and oxygen atoms in total. The van der Waals surface area contributed by atoms with Crippen molar-refractivity contribution < 1.29 is 9.53 Å². The van der Waals surface area contributed by atoms with Crippen molar-refractivity contribution in [1.82, 2.24) is 15.3 Å². The summed E-state index contributed by atoms with van der Waals surface area (Å²) in [5, 5.41) is 7.45. The number of thioether (sulfide) groups is 1. The molecule has 1 fully saturated rings. The Bertz CT molecular complexity index is 670. The highest BCUT2D eigenvalue weighted by atomic mass is 32.2. The summed E-state index contributed by atoms with van der Waals surface area (Å²) in [6.07, 6.45) is 9.10. The van der Waals surface area contributed by atoms with Crippen LogP contribution in [-0.2, 0) is 4.74 Å². The van der Waals surface area contributed by atoms with Gasteiger partial charge in [-0.05, 0) is 58.6 Å². The number of rotatable bonds is 7. The zero-order chi connectivity index (χ0) is 21.4. The second-order valence-corrected chi connectivity index (χ2v) is 8.95. The van der Waals surface area contributed by atoms with Crippen molar-refractivity contribution in [1.29, 1.82) is 0 Å². The molecule has 0 saturated heterocycles. The van der Waals surface area contributed by atoms with Crippen LogP contribution in [0.5, 0.6) is 0 Å². The molecule has 1 amide bonds. The Morgan fingerprint density at radius 1 is 1.14 bits per heavy atom. The average Bonchev–Trinajstić information content (AvgIpc) is 2.66. The van der Waals surface area contributed by atoms with Gasteiger partial charge in [-0.25, -0.2) is 9.78 Å². The maximum atomic E-state index is 11.8. The molecule has 1 aromatic rings. The molecule has 8 heteroatoms. The van der Waals surface area contributed by atoms with Crippen LogP contribution in [0.25, 0.3) is 0 Å². The lowest BCUT2D eigenvalue weighted by Gasteiger charge is -2.29. The van der Waals surface area contributed by atoms with E-state index in [-0.39, 0.29) is 24.4 Å². The zero-order valence-electron chi connectivity index (χ0n) is 18.4. The molecule has 2 rings (SSSR count). The van der Waals surface area contributed by atoms with E-state index >= 15 is 0 Å². The summed E-state index contributed by atoms with van der Waals surface area (Å²) in [6.45, 7) is 9.95. The van der Waals surface area contributed by atoms with Gasteiger partial charge in [0.25, 0.3) is 0 Å². The topological polar surface area (TPSA) is 88.5 Å². The molecule has 162 valence electrons. The largest absolute Gasteiger partial charge is 0.447 e. The third-order valence-electron chi connectivity index (χ3n) is 4.89. The lowest BCUT2D eigenvalue weighted by molar-refractivity contribution is 0.109. The number of nitrogens with zero attached hydrogens (tertiary/aromatic N) is 3. The Balaban J connectivity index is 1.87. The second kappa shape index (κ2) is 11.4. The number of aliphatic imine (C=N–C) groups is 1. The molecule has 1 atom stereocenters. The van der Waals surface area contributed by atoms with Crippen LogP contribution in [0.4, 0.5) is 10.6 Å². The molecule has 29 heavy (non-hydrogen) atoms. The number of hydrogen-bond acceptors (Lipinski definition) is 7. The Kier molecular flexibility index (Phi) is 9.20. The predicted molar refractivity (Wildman–Crippen MR) is 121 cm³/mol.